The average Bonchev–Trinajstić information content (AvgIpc) is 3.13. The Bertz CT molecular complexity index is 795. The Morgan fingerprint density at radius 2 is 2.08 bits per heavy atom. The van der Waals surface area contributed by atoms with E-state index >= 15 is 0 Å². The number of carbonyl (C=O) groups is 3. The van der Waals surface area contributed by atoms with Gasteiger partial charge in [-0.3, -0.25) is 14.5 Å². The van der Waals surface area contributed by atoms with Crippen LogP contribution in [0, 0.1) is 6.92 Å². The number of aryl methyl sites for hydroxylation is 1. The molecule has 0 N–H and O–H groups in total. The van der Waals surface area contributed by atoms with Crippen molar-refractivity contribution in [3.63, 3.8) is 0 Å². The maximum absolute atomic E-state index is 12.8. The number of amides is 3. The van der Waals surface area contributed by atoms with Crippen LogP contribution in [0.2, 0.25) is 0 Å². The fraction of sp³-hybridized carbons (Fsp3) is 0.500. The molecule has 1 aromatic carbocycles. The number of anilines is 1. The van der Waals surface area contributed by atoms with E-state index in [1.165, 1.54) is 9.80 Å². The molecule has 0 aliphatic carbocycles. The summed E-state index contributed by atoms with van der Waals surface area (Å²) in [5.74, 6) is 0.208. The Balaban J connectivity index is 1.48. The Morgan fingerprint density at radius 1 is 1.27 bits per heavy atom. The summed E-state index contributed by atoms with van der Waals surface area (Å²) in [5, 5.41) is 0. The first kappa shape index (κ1) is 16.7. The molecule has 8 heteroatoms. The number of likely N-dealkylation sites (tertiary alicyclic amines) is 1. The van der Waals surface area contributed by atoms with Crippen LogP contribution in [0.25, 0.3) is 0 Å². The lowest BCUT2D eigenvalue weighted by Crippen LogP contribution is -2.47. The molecule has 0 radical (unpaired) electrons. The molecule has 0 aromatic heterocycles. The van der Waals surface area contributed by atoms with Crippen LogP contribution in [0.15, 0.2) is 18.2 Å². The van der Waals surface area contributed by atoms with Crippen molar-refractivity contribution in [2.24, 2.45) is 0 Å². The van der Waals surface area contributed by atoms with Gasteiger partial charge in [0.15, 0.2) is 12.2 Å². The monoisotopic (exact) mass is 359 g/mol. The molecule has 2 fully saturated rings. The van der Waals surface area contributed by atoms with E-state index in [1.54, 1.807) is 11.9 Å². The smallest absolute Gasteiger partial charge is 0.410 e. The molecule has 3 heterocycles. The largest absolute Gasteiger partial charge is 0.482 e. The van der Waals surface area contributed by atoms with Gasteiger partial charge in [-0.25, -0.2) is 4.79 Å². The molecule has 1 atom stereocenters. The van der Waals surface area contributed by atoms with Gasteiger partial charge in [0.25, 0.3) is 5.91 Å². The lowest BCUT2D eigenvalue weighted by molar-refractivity contribution is -0.131. The minimum absolute atomic E-state index is 0.0431. The third kappa shape index (κ3) is 2.75. The van der Waals surface area contributed by atoms with Gasteiger partial charge in [0.05, 0.1) is 18.8 Å². The molecule has 2 saturated heterocycles. The van der Waals surface area contributed by atoms with Crippen molar-refractivity contribution in [1.29, 1.82) is 0 Å². The minimum atomic E-state index is -0.620. The molecular weight excluding hydrogens is 338 g/mol. The summed E-state index contributed by atoms with van der Waals surface area (Å²) in [6.07, 6.45) is 0.258. The molecule has 0 unspecified atom stereocenters. The van der Waals surface area contributed by atoms with Crippen LogP contribution in [0.5, 0.6) is 5.75 Å². The quantitative estimate of drug-likeness (QED) is 0.779. The highest BCUT2D eigenvalue weighted by Gasteiger charge is 2.49. The minimum Gasteiger partial charge on any atom is -0.482 e. The van der Waals surface area contributed by atoms with Crippen LogP contribution in [-0.2, 0) is 14.3 Å². The summed E-state index contributed by atoms with van der Waals surface area (Å²) in [6, 6.07) is 5.57. The van der Waals surface area contributed by atoms with Gasteiger partial charge >= 0.3 is 6.09 Å². The number of benzene rings is 1. The number of carbonyl (C=O) groups excluding carboxylic acids is 3. The van der Waals surface area contributed by atoms with Gasteiger partial charge in [-0.2, -0.15) is 0 Å². The van der Waals surface area contributed by atoms with Crippen LogP contribution < -0.4 is 9.64 Å². The molecule has 8 nitrogen and oxygen atoms in total. The van der Waals surface area contributed by atoms with E-state index in [4.69, 9.17) is 9.47 Å². The Hall–Kier alpha value is -2.77. The van der Waals surface area contributed by atoms with Crippen LogP contribution in [0.3, 0.4) is 0 Å². The normalized spacial score (nSPS) is 24.8. The molecule has 3 aliphatic rings. The van der Waals surface area contributed by atoms with Crippen molar-refractivity contribution in [2.45, 2.75) is 18.9 Å². The van der Waals surface area contributed by atoms with Crippen LogP contribution in [-0.4, -0.2) is 73.1 Å². The number of ether oxygens (including phenoxy) is 2. The highest BCUT2D eigenvalue weighted by Crippen LogP contribution is 2.34. The average molecular weight is 359 g/mol. The van der Waals surface area contributed by atoms with Crippen molar-refractivity contribution in [1.82, 2.24) is 9.80 Å². The van der Waals surface area contributed by atoms with Gasteiger partial charge in [-0.15, -0.1) is 0 Å². The van der Waals surface area contributed by atoms with Gasteiger partial charge < -0.3 is 19.3 Å². The van der Waals surface area contributed by atoms with Crippen molar-refractivity contribution >= 4 is 23.6 Å². The summed E-state index contributed by atoms with van der Waals surface area (Å²) in [7, 11) is 1.69. The van der Waals surface area contributed by atoms with Gasteiger partial charge in [0, 0.05) is 20.0 Å². The molecule has 0 saturated carbocycles. The van der Waals surface area contributed by atoms with Crippen LogP contribution >= 0.6 is 0 Å². The van der Waals surface area contributed by atoms with E-state index in [1.807, 2.05) is 25.1 Å². The van der Waals surface area contributed by atoms with E-state index in [-0.39, 0.29) is 31.1 Å². The summed E-state index contributed by atoms with van der Waals surface area (Å²) >= 11 is 0. The van der Waals surface area contributed by atoms with Crippen molar-refractivity contribution in [2.75, 3.05) is 44.7 Å². The van der Waals surface area contributed by atoms with Gasteiger partial charge in [0.1, 0.15) is 12.3 Å². The van der Waals surface area contributed by atoms with E-state index in [2.05, 4.69) is 0 Å². The lowest BCUT2D eigenvalue weighted by Gasteiger charge is -2.30. The molecule has 1 spiro atoms. The number of likely N-dealkylation sites (N-methyl/N-ethyl adjacent to an activating group) is 1. The predicted molar refractivity (Wildman–Crippen MR) is 92.1 cm³/mol. The second-order valence-corrected chi connectivity index (χ2v) is 7.21. The standard InChI is InChI=1S/C18H21N3O5/c1-12-3-4-14-13(7-12)21(16(23)9-25-14)8-15(22)20-6-5-18(11-20)10-19(2)17(24)26-18/h3-4,7H,5-6,8-11H2,1-2H3/t18-/m1/s1. The van der Waals surface area contributed by atoms with Gasteiger partial charge in [-0.1, -0.05) is 6.07 Å². The second kappa shape index (κ2) is 5.89. The molecule has 3 aliphatic heterocycles. The summed E-state index contributed by atoms with van der Waals surface area (Å²) < 4.78 is 10.9. The molecule has 3 amide bonds. The Morgan fingerprint density at radius 3 is 2.81 bits per heavy atom. The van der Waals surface area contributed by atoms with Gasteiger partial charge in [-0.05, 0) is 24.6 Å². The molecule has 0 bridgehead atoms. The SMILES string of the molecule is Cc1ccc2c(c1)N(CC(=O)N1CC[C@@]3(CN(C)C(=O)O3)C1)C(=O)CO2. The summed E-state index contributed by atoms with van der Waals surface area (Å²) in [4.78, 5) is 41.5. The van der Waals surface area contributed by atoms with Crippen molar-refractivity contribution in [3.8, 4) is 5.75 Å². The first-order chi connectivity index (χ1) is 12.4. The molecule has 138 valence electrons. The van der Waals surface area contributed by atoms with Crippen LogP contribution in [0.4, 0.5) is 10.5 Å². The lowest BCUT2D eigenvalue weighted by atomic mass is 10.0. The highest BCUT2D eigenvalue weighted by molar-refractivity contribution is 6.02. The third-order valence-electron chi connectivity index (χ3n) is 5.16. The zero-order valence-corrected chi connectivity index (χ0v) is 14.9. The first-order valence-corrected chi connectivity index (χ1v) is 8.63. The summed E-state index contributed by atoms with van der Waals surface area (Å²) in [5.41, 5.74) is 0.987. The van der Waals surface area contributed by atoms with Gasteiger partial charge in [0.2, 0.25) is 5.91 Å². The molecular formula is C18H21N3O5. The fourth-order valence-electron chi connectivity index (χ4n) is 3.78. The Labute approximate surface area is 151 Å². The molecule has 1 aromatic rings. The topological polar surface area (TPSA) is 79.4 Å². The zero-order chi connectivity index (χ0) is 18.5. The van der Waals surface area contributed by atoms with Crippen LogP contribution in [0.1, 0.15) is 12.0 Å². The van der Waals surface area contributed by atoms with E-state index < -0.39 is 5.60 Å². The van der Waals surface area contributed by atoms with E-state index in [0.717, 1.165) is 5.56 Å². The predicted octanol–water partition coefficient (Wildman–Crippen LogP) is 0.774. The van der Waals surface area contributed by atoms with E-state index in [0.29, 0.717) is 37.5 Å². The van der Waals surface area contributed by atoms with Crippen molar-refractivity contribution in [3.05, 3.63) is 23.8 Å². The molecule has 4 rings (SSSR count). The number of nitrogens with zero attached hydrogens (tertiary/aromatic N) is 3. The maximum atomic E-state index is 12.8. The maximum Gasteiger partial charge on any atom is 0.410 e. The zero-order valence-electron chi connectivity index (χ0n) is 14.9. The fourth-order valence-corrected chi connectivity index (χ4v) is 3.78. The highest BCUT2D eigenvalue weighted by atomic mass is 16.6. The van der Waals surface area contributed by atoms with Crippen molar-refractivity contribution < 1.29 is 23.9 Å². The second-order valence-electron chi connectivity index (χ2n) is 7.21. The number of rotatable bonds is 2. The third-order valence-corrected chi connectivity index (χ3v) is 5.16. The first-order valence-electron chi connectivity index (χ1n) is 8.63. The number of fused-ring (bicyclic) bond motifs is 1. The number of hydrogen-bond donors (Lipinski definition) is 0. The summed E-state index contributed by atoms with van der Waals surface area (Å²) in [6.45, 7) is 3.16. The van der Waals surface area contributed by atoms with E-state index in [9.17, 15) is 14.4 Å². The Kier molecular flexibility index (Phi) is 3.78. The molecule has 26 heavy (non-hydrogen) atoms. The number of hydrogen-bond acceptors (Lipinski definition) is 5.